The number of hydrogen-bond acceptors (Lipinski definition) is 1. The van der Waals surface area contributed by atoms with E-state index in [0.29, 0.717) is 0 Å². The molecule has 0 aliphatic rings. The highest BCUT2D eigenvalue weighted by Crippen LogP contribution is 2.25. The predicted molar refractivity (Wildman–Crippen MR) is 118 cm³/mol. The van der Waals surface area contributed by atoms with Crippen molar-refractivity contribution in [3.8, 4) is 22.4 Å². The molecule has 132 valence electrons. The van der Waals surface area contributed by atoms with Crippen LogP contribution in [0.25, 0.3) is 22.4 Å². The van der Waals surface area contributed by atoms with Gasteiger partial charge in [-0.1, -0.05) is 103 Å². The fourth-order valence-corrected chi connectivity index (χ4v) is 5.69. The zero-order valence-corrected chi connectivity index (χ0v) is 16.8. The van der Waals surface area contributed by atoms with Crippen LogP contribution >= 0.6 is 0 Å². The fourth-order valence-electron chi connectivity index (χ4n) is 3.44. The van der Waals surface area contributed by atoms with Gasteiger partial charge >= 0.3 is 0 Å². The molecule has 0 bridgehead atoms. The highest BCUT2D eigenvalue weighted by molar-refractivity contribution is 7.00. The van der Waals surface area contributed by atoms with Crippen LogP contribution < -0.4 is 10.4 Å². The molecule has 0 amide bonds. The predicted octanol–water partition coefficient (Wildman–Crippen LogP) is 5.24. The van der Waals surface area contributed by atoms with E-state index in [4.69, 9.17) is 4.98 Å². The van der Waals surface area contributed by atoms with Crippen molar-refractivity contribution >= 4 is 18.4 Å². The molecule has 0 atom stereocenters. The van der Waals surface area contributed by atoms with Crippen molar-refractivity contribution in [3.63, 3.8) is 0 Å². The Balaban J connectivity index is 1.65. The molecule has 4 aromatic rings. The van der Waals surface area contributed by atoms with Gasteiger partial charge in [-0.3, -0.25) is 4.98 Å². The standard InChI is InChI=1S/C25H23NSi/c1-27(2,23-14-7-4-8-15-23)24-16-17-25(26-19-24)22-13-9-12-21(18-22)20-10-5-3-6-11-20/h3-19H,1-2H3. The van der Waals surface area contributed by atoms with Gasteiger partial charge < -0.3 is 0 Å². The van der Waals surface area contributed by atoms with E-state index >= 15 is 0 Å². The van der Waals surface area contributed by atoms with E-state index in [0.717, 1.165) is 11.3 Å². The Hall–Kier alpha value is -2.97. The summed E-state index contributed by atoms with van der Waals surface area (Å²) in [5, 5.41) is 2.79. The lowest BCUT2D eigenvalue weighted by Gasteiger charge is -2.23. The van der Waals surface area contributed by atoms with Crippen LogP contribution in [-0.2, 0) is 0 Å². The summed E-state index contributed by atoms with van der Waals surface area (Å²) in [6.07, 6.45) is 2.07. The van der Waals surface area contributed by atoms with Gasteiger partial charge in [0.1, 0.15) is 8.07 Å². The number of rotatable bonds is 4. The number of hydrogen-bond donors (Lipinski definition) is 0. The molecule has 4 rings (SSSR count). The molecule has 2 heteroatoms. The largest absolute Gasteiger partial charge is 0.256 e. The van der Waals surface area contributed by atoms with Crippen LogP contribution in [0.4, 0.5) is 0 Å². The van der Waals surface area contributed by atoms with Crippen molar-refractivity contribution in [2.45, 2.75) is 13.1 Å². The van der Waals surface area contributed by atoms with Crippen molar-refractivity contribution in [3.05, 3.63) is 103 Å². The molecule has 3 aromatic carbocycles. The minimum atomic E-state index is -1.71. The number of aromatic nitrogens is 1. The molecular formula is C25H23NSi. The van der Waals surface area contributed by atoms with Crippen LogP contribution in [0.15, 0.2) is 103 Å². The van der Waals surface area contributed by atoms with Crippen molar-refractivity contribution in [2.75, 3.05) is 0 Å². The quantitative estimate of drug-likeness (QED) is 0.451. The van der Waals surface area contributed by atoms with E-state index in [1.54, 1.807) is 0 Å². The Kier molecular flexibility index (Phi) is 4.74. The highest BCUT2D eigenvalue weighted by atomic mass is 28.3. The second kappa shape index (κ2) is 7.34. The Morgan fingerprint density at radius 3 is 1.85 bits per heavy atom. The zero-order chi connectivity index (χ0) is 18.7. The van der Waals surface area contributed by atoms with E-state index in [-0.39, 0.29) is 0 Å². The van der Waals surface area contributed by atoms with Crippen LogP contribution in [0.3, 0.4) is 0 Å². The lowest BCUT2D eigenvalue weighted by atomic mass is 10.0. The normalized spacial score (nSPS) is 11.3. The van der Waals surface area contributed by atoms with Gasteiger partial charge in [-0.25, -0.2) is 0 Å². The molecule has 1 heterocycles. The van der Waals surface area contributed by atoms with Crippen molar-refractivity contribution in [1.29, 1.82) is 0 Å². The molecule has 0 unspecified atom stereocenters. The van der Waals surface area contributed by atoms with Crippen molar-refractivity contribution in [1.82, 2.24) is 4.98 Å². The average Bonchev–Trinajstić information content (AvgIpc) is 2.75. The van der Waals surface area contributed by atoms with Gasteiger partial charge in [0.05, 0.1) is 5.69 Å². The van der Waals surface area contributed by atoms with E-state index in [2.05, 4.69) is 110 Å². The molecule has 0 radical (unpaired) electrons. The van der Waals surface area contributed by atoms with E-state index < -0.39 is 8.07 Å². The zero-order valence-electron chi connectivity index (χ0n) is 15.8. The van der Waals surface area contributed by atoms with Crippen LogP contribution in [0, 0.1) is 0 Å². The Morgan fingerprint density at radius 2 is 1.19 bits per heavy atom. The first-order valence-electron chi connectivity index (χ1n) is 9.32. The van der Waals surface area contributed by atoms with Crippen LogP contribution in [-0.4, -0.2) is 13.1 Å². The van der Waals surface area contributed by atoms with Gasteiger partial charge in [0.25, 0.3) is 0 Å². The summed E-state index contributed by atoms with van der Waals surface area (Å²) in [6, 6.07) is 34.3. The first-order chi connectivity index (χ1) is 13.1. The van der Waals surface area contributed by atoms with Gasteiger partial charge in [-0.05, 0) is 28.4 Å². The summed E-state index contributed by atoms with van der Waals surface area (Å²) < 4.78 is 0. The molecule has 0 N–H and O–H groups in total. The van der Waals surface area contributed by atoms with Gasteiger partial charge in [0.2, 0.25) is 0 Å². The topological polar surface area (TPSA) is 12.9 Å². The van der Waals surface area contributed by atoms with Gasteiger partial charge in [-0.2, -0.15) is 0 Å². The summed E-state index contributed by atoms with van der Waals surface area (Å²) in [6.45, 7) is 4.77. The summed E-state index contributed by atoms with van der Waals surface area (Å²) in [7, 11) is -1.71. The second-order valence-corrected chi connectivity index (χ2v) is 11.8. The first-order valence-corrected chi connectivity index (χ1v) is 12.3. The third-order valence-corrected chi connectivity index (χ3v) is 8.76. The highest BCUT2D eigenvalue weighted by Gasteiger charge is 2.26. The van der Waals surface area contributed by atoms with Crippen molar-refractivity contribution < 1.29 is 0 Å². The maximum atomic E-state index is 4.81. The minimum absolute atomic E-state index is 1.02. The Labute approximate surface area is 162 Å². The third-order valence-electron chi connectivity index (χ3n) is 5.25. The Bertz CT molecular complexity index is 1020. The molecule has 1 nitrogen and oxygen atoms in total. The van der Waals surface area contributed by atoms with Gasteiger partial charge in [0.15, 0.2) is 0 Å². The molecular weight excluding hydrogens is 342 g/mol. The molecule has 0 fully saturated rings. The smallest absolute Gasteiger partial charge is 0.114 e. The van der Waals surface area contributed by atoms with Gasteiger partial charge in [0, 0.05) is 11.8 Å². The van der Waals surface area contributed by atoms with Crippen LogP contribution in [0.5, 0.6) is 0 Å². The molecule has 27 heavy (non-hydrogen) atoms. The number of pyridine rings is 1. The summed E-state index contributed by atoms with van der Waals surface area (Å²) in [5.41, 5.74) is 4.63. The van der Waals surface area contributed by atoms with E-state index in [1.807, 2.05) is 6.07 Å². The SMILES string of the molecule is C[Si](C)(c1ccccc1)c1ccc(-c2cccc(-c3ccccc3)c2)nc1. The maximum absolute atomic E-state index is 4.81. The number of benzene rings is 3. The summed E-state index contributed by atoms with van der Waals surface area (Å²) in [5.74, 6) is 0. The number of nitrogens with zero attached hydrogens (tertiary/aromatic N) is 1. The van der Waals surface area contributed by atoms with E-state index in [9.17, 15) is 0 Å². The lowest BCUT2D eigenvalue weighted by Crippen LogP contribution is -2.52. The van der Waals surface area contributed by atoms with Gasteiger partial charge in [-0.15, -0.1) is 0 Å². The Morgan fingerprint density at radius 1 is 0.556 bits per heavy atom. The molecule has 1 aromatic heterocycles. The van der Waals surface area contributed by atoms with Crippen LogP contribution in [0.2, 0.25) is 13.1 Å². The van der Waals surface area contributed by atoms with Crippen LogP contribution in [0.1, 0.15) is 0 Å². The molecule has 0 saturated heterocycles. The summed E-state index contributed by atoms with van der Waals surface area (Å²) >= 11 is 0. The molecule has 0 aliphatic heterocycles. The maximum Gasteiger partial charge on any atom is 0.114 e. The van der Waals surface area contributed by atoms with E-state index in [1.165, 1.54) is 21.5 Å². The molecule has 0 spiro atoms. The lowest BCUT2D eigenvalue weighted by molar-refractivity contribution is 1.34. The molecule has 0 aliphatic carbocycles. The fraction of sp³-hybridized carbons (Fsp3) is 0.0800. The minimum Gasteiger partial charge on any atom is -0.256 e. The van der Waals surface area contributed by atoms with Crippen molar-refractivity contribution in [2.24, 2.45) is 0 Å². The monoisotopic (exact) mass is 365 g/mol. The molecule has 0 saturated carbocycles. The average molecular weight is 366 g/mol. The summed E-state index contributed by atoms with van der Waals surface area (Å²) in [4.78, 5) is 4.81. The first kappa shape index (κ1) is 17.4. The third kappa shape index (κ3) is 3.62. The second-order valence-electron chi connectivity index (χ2n) is 7.37.